The van der Waals surface area contributed by atoms with Crippen molar-refractivity contribution in [2.75, 3.05) is 7.11 Å². The zero-order chi connectivity index (χ0) is 18.6. The van der Waals surface area contributed by atoms with Gasteiger partial charge in [0, 0.05) is 11.1 Å². The first-order valence-corrected chi connectivity index (χ1v) is 8.62. The van der Waals surface area contributed by atoms with Gasteiger partial charge < -0.3 is 9.47 Å². The second kappa shape index (κ2) is 7.39. The third-order valence-electron chi connectivity index (χ3n) is 4.33. The number of fused-ring (bicyclic) bond motifs is 1. The van der Waals surface area contributed by atoms with Crippen molar-refractivity contribution in [2.45, 2.75) is 6.10 Å². The third-order valence-corrected chi connectivity index (χ3v) is 4.33. The molecule has 1 aliphatic rings. The van der Waals surface area contributed by atoms with Gasteiger partial charge in [-0.25, -0.2) is 4.39 Å². The molecular formula is C24H17FO2. The molecule has 1 aliphatic heterocycles. The molecule has 0 aromatic heterocycles. The average Bonchev–Trinajstić information content (AvgIpc) is 2.72. The SMILES string of the molecule is COc1ccc(C2=C[C@@H](C#Cc3cccc(F)c3)Oc3ccccc32)cc1. The van der Waals surface area contributed by atoms with Crippen LogP contribution in [0.15, 0.2) is 78.9 Å². The van der Waals surface area contributed by atoms with Crippen molar-refractivity contribution in [3.63, 3.8) is 0 Å². The van der Waals surface area contributed by atoms with Crippen LogP contribution in [0, 0.1) is 17.7 Å². The Hall–Kier alpha value is -3.51. The number of ether oxygens (including phenoxy) is 2. The van der Waals surface area contributed by atoms with Crippen LogP contribution < -0.4 is 9.47 Å². The lowest BCUT2D eigenvalue weighted by Gasteiger charge is -2.23. The standard InChI is InChI=1S/C24H17FO2/c1-26-20-13-10-18(11-14-20)23-16-21(27-24-8-3-2-7-22(23)24)12-9-17-5-4-6-19(25)15-17/h2-8,10-11,13-16,21H,1H3/t21-/m1/s1. The summed E-state index contributed by atoms with van der Waals surface area (Å²) in [5.41, 5.74) is 3.76. The van der Waals surface area contributed by atoms with Crippen LogP contribution in [0.2, 0.25) is 0 Å². The maximum atomic E-state index is 13.4. The van der Waals surface area contributed by atoms with Gasteiger partial charge in [-0.1, -0.05) is 42.3 Å². The average molecular weight is 356 g/mol. The van der Waals surface area contributed by atoms with E-state index in [9.17, 15) is 4.39 Å². The molecule has 0 spiro atoms. The zero-order valence-electron chi connectivity index (χ0n) is 14.8. The normalized spacial score (nSPS) is 14.9. The van der Waals surface area contributed by atoms with E-state index in [-0.39, 0.29) is 5.82 Å². The molecule has 0 bridgehead atoms. The lowest BCUT2D eigenvalue weighted by Crippen LogP contribution is -2.17. The molecule has 0 fully saturated rings. The number of hydrogen-bond acceptors (Lipinski definition) is 2. The first-order chi connectivity index (χ1) is 13.2. The maximum absolute atomic E-state index is 13.4. The van der Waals surface area contributed by atoms with E-state index >= 15 is 0 Å². The Labute approximate surface area is 157 Å². The van der Waals surface area contributed by atoms with Gasteiger partial charge in [-0.05, 0) is 59.5 Å². The van der Waals surface area contributed by atoms with Crippen molar-refractivity contribution in [1.29, 1.82) is 0 Å². The number of hydrogen-bond donors (Lipinski definition) is 0. The number of halogens is 1. The molecule has 132 valence electrons. The Morgan fingerprint density at radius 3 is 2.56 bits per heavy atom. The van der Waals surface area contributed by atoms with Crippen molar-refractivity contribution in [3.05, 3.63) is 101 Å². The Balaban J connectivity index is 1.72. The van der Waals surface area contributed by atoms with E-state index in [0.29, 0.717) is 5.56 Å². The maximum Gasteiger partial charge on any atom is 0.178 e. The summed E-state index contributed by atoms with van der Waals surface area (Å²) in [6.45, 7) is 0. The van der Waals surface area contributed by atoms with Gasteiger partial charge in [0.2, 0.25) is 0 Å². The van der Waals surface area contributed by atoms with Gasteiger partial charge >= 0.3 is 0 Å². The Bertz CT molecular complexity index is 1060. The Kier molecular flexibility index (Phi) is 4.63. The van der Waals surface area contributed by atoms with Crippen LogP contribution in [-0.2, 0) is 0 Å². The molecule has 1 heterocycles. The van der Waals surface area contributed by atoms with Crippen molar-refractivity contribution >= 4 is 5.57 Å². The van der Waals surface area contributed by atoms with Crippen molar-refractivity contribution in [1.82, 2.24) is 0 Å². The van der Waals surface area contributed by atoms with E-state index in [2.05, 4.69) is 11.8 Å². The second-order valence-corrected chi connectivity index (χ2v) is 6.12. The lowest BCUT2D eigenvalue weighted by atomic mass is 9.93. The van der Waals surface area contributed by atoms with Gasteiger partial charge in [0.05, 0.1) is 7.11 Å². The number of methoxy groups -OCH3 is 1. The van der Waals surface area contributed by atoms with Gasteiger partial charge in [-0.2, -0.15) is 0 Å². The minimum Gasteiger partial charge on any atom is -0.497 e. The monoisotopic (exact) mass is 356 g/mol. The molecule has 4 rings (SSSR count). The summed E-state index contributed by atoms with van der Waals surface area (Å²) in [4.78, 5) is 0. The summed E-state index contributed by atoms with van der Waals surface area (Å²) in [6, 6.07) is 22.0. The highest BCUT2D eigenvalue weighted by Crippen LogP contribution is 2.36. The molecule has 3 aromatic carbocycles. The van der Waals surface area contributed by atoms with Gasteiger partial charge in [-0.15, -0.1) is 0 Å². The molecule has 0 saturated heterocycles. The number of para-hydroxylation sites is 1. The quantitative estimate of drug-likeness (QED) is 0.596. The van der Waals surface area contributed by atoms with Crippen LogP contribution in [-0.4, -0.2) is 13.2 Å². The van der Waals surface area contributed by atoms with Crippen LogP contribution in [0.1, 0.15) is 16.7 Å². The highest BCUT2D eigenvalue weighted by molar-refractivity contribution is 5.84. The van der Waals surface area contributed by atoms with Gasteiger partial charge in [0.25, 0.3) is 0 Å². The summed E-state index contributed by atoms with van der Waals surface area (Å²) < 4.78 is 24.6. The predicted octanol–water partition coefficient (Wildman–Crippen LogP) is 5.08. The van der Waals surface area contributed by atoms with Crippen molar-refractivity contribution in [3.8, 4) is 23.3 Å². The molecular weight excluding hydrogens is 339 g/mol. The molecule has 0 N–H and O–H groups in total. The molecule has 0 amide bonds. The van der Waals surface area contributed by atoms with Gasteiger partial charge in [-0.3, -0.25) is 0 Å². The van der Waals surface area contributed by atoms with E-state index in [1.165, 1.54) is 12.1 Å². The molecule has 0 saturated carbocycles. The fourth-order valence-electron chi connectivity index (χ4n) is 3.02. The van der Waals surface area contributed by atoms with Crippen LogP contribution in [0.3, 0.4) is 0 Å². The number of benzene rings is 3. The molecule has 0 radical (unpaired) electrons. The third kappa shape index (κ3) is 3.70. The lowest BCUT2D eigenvalue weighted by molar-refractivity contribution is 0.300. The first-order valence-electron chi connectivity index (χ1n) is 8.62. The van der Waals surface area contributed by atoms with Gasteiger partial charge in [0.15, 0.2) is 6.10 Å². The van der Waals surface area contributed by atoms with Crippen LogP contribution >= 0.6 is 0 Å². The summed E-state index contributed by atoms with van der Waals surface area (Å²) in [5, 5.41) is 0. The van der Waals surface area contributed by atoms with E-state index in [4.69, 9.17) is 9.47 Å². The predicted molar refractivity (Wildman–Crippen MR) is 104 cm³/mol. The van der Waals surface area contributed by atoms with Crippen LogP contribution in [0.5, 0.6) is 11.5 Å². The minimum atomic E-state index is -0.416. The summed E-state index contributed by atoms with van der Waals surface area (Å²) in [5.74, 6) is 7.37. The zero-order valence-corrected chi connectivity index (χ0v) is 14.8. The molecule has 0 aliphatic carbocycles. The van der Waals surface area contributed by atoms with E-state index < -0.39 is 6.10 Å². The Morgan fingerprint density at radius 1 is 0.963 bits per heavy atom. The van der Waals surface area contributed by atoms with E-state index in [1.807, 2.05) is 54.6 Å². The largest absolute Gasteiger partial charge is 0.497 e. The molecule has 1 atom stereocenters. The fraction of sp³-hybridized carbons (Fsp3) is 0.0833. The summed E-state index contributed by atoms with van der Waals surface area (Å²) in [7, 11) is 1.65. The Morgan fingerprint density at radius 2 is 1.78 bits per heavy atom. The summed E-state index contributed by atoms with van der Waals surface area (Å²) >= 11 is 0. The number of rotatable bonds is 2. The smallest absolute Gasteiger partial charge is 0.178 e. The molecule has 0 unspecified atom stereocenters. The molecule has 2 nitrogen and oxygen atoms in total. The molecule has 3 aromatic rings. The second-order valence-electron chi connectivity index (χ2n) is 6.12. The van der Waals surface area contributed by atoms with Gasteiger partial charge in [0.1, 0.15) is 17.3 Å². The van der Waals surface area contributed by atoms with Crippen LogP contribution in [0.25, 0.3) is 5.57 Å². The fourth-order valence-corrected chi connectivity index (χ4v) is 3.02. The first kappa shape index (κ1) is 16.9. The van der Waals surface area contributed by atoms with Crippen molar-refractivity contribution in [2.24, 2.45) is 0 Å². The van der Waals surface area contributed by atoms with Crippen molar-refractivity contribution < 1.29 is 13.9 Å². The molecule has 3 heteroatoms. The molecule has 27 heavy (non-hydrogen) atoms. The highest BCUT2D eigenvalue weighted by Gasteiger charge is 2.20. The topological polar surface area (TPSA) is 18.5 Å². The summed E-state index contributed by atoms with van der Waals surface area (Å²) in [6.07, 6.45) is 1.58. The minimum absolute atomic E-state index is 0.300. The van der Waals surface area contributed by atoms with E-state index in [1.54, 1.807) is 19.2 Å². The van der Waals surface area contributed by atoms with Crippen LogP contribution in [0.4, 0.5) is 4.39 Å². The highest BCUT2D eigenvalue weighted by atomic mass is 19.1. The van der Waals surface area contributed by atoms with E-state index in [0.717, 1.165) is 28.2 Å².